The molecular weight excluding hydrogens is 544 g/mol. The van der Waals surface area contributed by atoms with E-state index in [1.54, 1.807) is 32.3 Å². The Balaban J connectivity index is 1.22. The maximum atomic E-state index is 12.8. The van der Waals surface area contributed by atoms with E-state index < -0.39 is 11.5 Å². The molecule has 0 fully saturated rings. The zero-order valence-electron chi connectivity index (χ0n) is 24.0. The number of benzene rings is 1. The van der Waals surface area contributed by atoms with Crippen molar-refractivity contribution in [1.82, 2.24) is 29.3 Å². The summed E-state index contributed by atoms with van der Waals surface area (Å²) in [5.74, 6) is 0.0963. The van der Waals surface area contributed by atoms with Crippen LogP contribution in [0.2, 0.25) is 0 Å². The number of fused-ring (bicyclic) bond motifs is 1. The first-order valence-electron chi connectivity index (χ1n) is 13.4. The molecule has 14 heteroatoms. The first kappa shape index (κ1) is 30.0. The molecule has 0 saturated heterocycles. The number of rotatable bonds is 13. The molecule has 3 aromatic heterocycles. The molecule has 4 aromatic rings. The summed E-state index contributed by atoms with van der Waals surface area (Å²) in [5, 5.41) is 8.93. The molecule has 1 aromatic carbocycles. The lowest BCUT2D eigenvalue weighted by atomic mass is 10.2. The summed E-state index contributed by atoms with van der Waals surface area (Å²) in [6, 6.07) is 8.32. The lowest BCUT2D eigenvalue weighted by Gasteiger charge is -2.09. The minimum atomic E-state index is -0.541. The van der Waals surface area contributed by atoms with Crippen molar-refractivity contribution in [3.05, 3.63) is 64.8 Å². The number of anilines is 2. The van der Waals surface area contributed by atoms with Gasteiger partial charge in [-0.15, -0.1) is 0 Å². The number of carbonyl (C=O) groups is 3. The average Bonchev–Trinajstić information content (AvgIpc) is 3.48. The fraction of sp³-hybridized carbons (Fsp3) is 0.357. The molecule has 0 radical (unpaired) electrons. The number of imidazole rings is 2. The number of ether oxygens (including phenoxy) is 1. The van der Waals surface area contributed by atoms with Crippen molar-refractivity contribution in [1.29, 1.82) is 0 Å². The molecule has 0 atom stereocenters. The van der Waals surface area contributed by atoms with E-state index >= 15 is 0 Å². The zero-order valence-corrected chi connectivity index (χ0v) is 24.0. The fourth-order valence-corrected chi connectivity index (χ4v) is 4.03. The number of likely N-dealkylation sites (N-methyl/N-ethyl adjacent to an activating group) is 1. The number of amides is 3. The van der Waals surface area contributed by atoms with E-state index in [1.807, 2.05) is 25.1 Å². The van der Waals surface area contributed by atoms with Crippen LogP contribution in [0.15, 0.2) is 51.9 Å². The van der Waals surface area contributed by atoms with E-state index in [2.05, 4.69) is 25.9 Å². The Morgan fingerprint density at radius 2 is 1.60 bits per heavy atom. The van der Waals surface area contributed by atoms with Crippen LogP contribution >= 0.6 is 0 Å². The third kappa shape index (κ3) is 8.04. The molecule has 3 N–H and O–H groups in total. The van der Waals surface area contributed by atoms with Crippen molar-refractivity contribution in [3.63, 3.8) is 0 Å². The summed E-state index contributed by atoms with van der Waals surface area (Å²) in [6.45, 7) is 1.53. The number of carbonyl (C=O) groups excluding carboxylic acids is 3. The van der Waals surface area contributed by atoms with Crippen LogP contribution in [-0.2, 0) is 18.9 Å². The highest BCUT2D eigenvalue weighted by Gasteiger charge is 2.19. The minimum absolute atomic E-state index is 0.0626. The second-order valence-electron chi connectivity index (χ2n) is 9.94. The normalized spacial score (nSPS) is 11.1. The number of aryl methyl sites for hydroxylation is 2. The fourth-order valence-electron chi connectivity index (χ4n) is 4.03. The number of unbranched alkanes of at least 4 members (excludes halogenated alkanes) is 1. The molecule has 0 aliphatic heterocycles. The molecule has 0 bridgehead atoms. The largest absolute Gasteiger partial charge is 0.493 e. The Bertz CT molecular complexity index is 1640. The Hall–Kier alpha value is -4.98. The molecule has 14 nitrogen and oxygen atoms in total. The molecule has 42 heavy (non-hydrogen) atoms. The van der Waals surface area contributed by atoms with Crippen molar-refractivity contribution < 1.29 is 23.5 Å². The standard InChI is InChI=1S/C28H34N8O6/c1-34(2)13-12-29-27(39)25-32-22(17-35(25)3)33-28(40)26-31-21(16-36(26)4)30-23(37)7-5-6-14-41-19-10-8-18-9-11-24(38)42-20(18)15-19/h8-11,15-17H,5-7,12-14H2,1-4H3,(H,29,39)(H,30,37)(H,33,40). The van der Waals surface area contributed by atoms with Crippen LogP contribution < -0.4 is 26.3 Å². The molecular formula is C28H34N8O6. The Labute approximate surface area is 241 Å². The van der Waals surface area contributed by atoms with E-state index in [0.717, 1.165) is 5.39 Å². The van der Waals surface area contributed by atoms with Gasteiger partial charge in [-0.25, -0.2) is 14.8 Å². The van der Waals surface area contributed by atoms with Crippen LogP contribution in [0.5, 0.6) is 5.75 Å². The van der Waals surface area contributed by atoms with Crippen LogP contribution in [0.4, 0.5) is 11.6 Å². The predicted molar refractivity (Wildman–Crippen MR) is 156 cm³/mol. The van der Waals surface area contributed by atoms with Crippen LogP contribution in [0.3, 0.4) is 0 Å². The Morgan fingerprint density at radius 1 is 0.929 bits per heavy atom. The van der Waals surface area contributed by atoms with E-state index in [1.165, 1.54) is 27.6 Å². The number of aromatic nitrogens is 4. The highest BCUT2D eigenvalue weighted by atomic mass is 16.5. The molecule has 222 valence electrons. The summed E-state index contributed by atoms with van der Waals surface area (Å²) in [5.41, 5.74) is 0.0248. The minimum Gasteiger partial charge on any atom is -0.493 e. The highest BCUT2D eigenvalue weighted by molar-refractivity contribution is 6.02. The second kappa shape index (κ2) is 13.6. The van der Waals surface area contributed by atoms with Gasteiger partial charge in [0.2, 0.25) is 17.6 Å². The van der Waals surface area contributed by atoms with Gasteiger partial charge in [0.15, 0.2) is 11.6 Å². The molecule has 0 saturated carbocycles. The number of nitrogens with one attached hydrogen (secondary N) is 3. The Kier molecular flexibility index (Phi) is 9.70. The first-order valence-corrected chi connectivity index (χ1v) is 13.4. The van der Waals surface area contributed by atoms with E-state index in [0.29, 0.717) is 43.9 Å². The van der Waals surface area contributed by atoms with Crippen molar-refractivity contribution in [2.75, 3.05) is 44.4 Å². The number of hydrogen-bond acceptors (Lipinski definition) is 9. The van der Waals surface area contributed by atoms with E-state index in [4.69, 9.17) is 9.15 Å². The van der Waals surface area contributed by atoms with Crippen molar-refractivity contribution in [3.8, 4) is 5.75 Å². The predicted octanol–water partition coefficient (Wildman–Crippen LogP) is 1.99. The van der Waals surface area contributed by atoms with Gasteiger partial charge in [0.1, 0.15) is 11.3 Å². The number of nitrogens with zero attached hydrogens (tertiary/aromatic N) is 5. The highest BCUT2D eigenvalue weighted by Crippen LogP contribution is 2.20. The average molecular weight is 579 g/mol. The van der Waals surface area contributed by atoms with Gasteiger partial charge in [0.05, 0.1) is 6.61 Å². The summed E-state index contributed by atoms with van der Waals surface area (Å²) in [7, 11) is 7.11. The summed E-state index contributed by atoms with van der Waals surface area (Å²) < 4.78 is 13.9. The van der Waals surface area contributed by atoms with Gasteiger partial charge in [-0.05, 0) is 45.1 Å². The van der Waals surface area contributed by atoms with Crippen LogP contribution in [0.1, 0.15) is 40.5 Å². The van der Waals surface area contributed by atoms with Crippen molar-refractivity contribution in [2.45, 2.75) is 19.3 Å². The van der Waals surface area contributed by atoms with Gasteiger partial charge < -0.3 is 39.1 Å². The lowest BCUT2D eigenvalue weighted by Crippen LogP contribution is -2.32. The molecule has 0 unspecified atom stereocenters. The van der Waals surface area contributed by atoms with Gasteiger partial charge >= 0.3 is 5.63 Å². The van der Waals surface area contributed by atoms with Crippen LogP contribution in [0.25, 0.3) is 11.0 Å². The summed E-state index contributed by atoms with van der Waals surface area (Å²) >= 11 is 0. The zero-order chi connectivity index (χ0) is 30.2. The molecule has 0 aliphatic rings. The van der Waals surface area contributed by atoms with Crippen LogP contribution in [0, 0.1) is 0 Å². The van der Waals surface area contributed by atoms with Gasteiger partial charge in [0, 0.05) is 63.5 Å². The number of hydrogen-bond donors (Lipinski definition) is 3. The maximum Gasteiger partial charge on any atom is 0.336 e. The molecule has 0 aliphatic carbocycles. The SMILES string of the molecule is CN(C)CCNC(=O)c1nc(NC(=O)c2nc(NC(=O)CCCCOc3ccc4ccc(=O)oc4c3)cn2C)cn1C. The van der Waals surface area contributed by atoms with E-state index in [9.17, 15) is 19.2 Å². The second-order valence-corrected chi connectivity index (χ2v) is 9.94. The van der Waals surface area contributed by atoms with Crippen molar-refractivity contribution in [2.24, 2.45) is 14.1 Å². The van der Waals surface area contributed by atoms with Crippen LogP contribution in [-0.4, -0.2) is 75.5 Å². The van der Waals surface area contributed by atoms with E-state index in [-0.39, 0.29) is 41.5 Å². The summed E-state index contributed by atoms with van der Waals surface area (Å²) in [6.07, 6.45) is 4.50. The lowest BCUT2D eigenvalue weighted by molar-refractivity contribution is -0.116. The van der Waals surface area contributed by atoms with Gasteiger partial charge in [-0.3, -0.25) is 14.4 Å². The summed E-state index contributed by atoms with van der Waals surface area (Å²) in [4.78, 5) is 59.4. The molecule has 3 amide bonds. The monoisotopic (exact) mass is 578 g/mol. The third-order valence-electron chi connectivity index (χ3n) is 6.17. The molecule has 0 spiro atoms. The van der Waals surface area contributed by atoms with Gasteiger partial charge in [-0.2, -0.15) is 0 Å². The third-order valence-corrected chi connectivity index (χ3v) is 6.17. The van der Waals surface area contributed by atoms with Gasteiger partial charge in [-0.1, -0.05) is 0 Å². The maximum absolute atomic E-state index is 12.8. The van der Waals surface area contributed by atoms with Gasteiger partial charge in [0.25, 0.3) is 11.8 Å². The first-order chi connectivity index (χ1) is 20.1. The topological polar surface area (TPSA) is 166 Å². The van der Waals surface area contributed by atoms with Crippen molar-refractivity contribution >= 4 is 40.3 Å². The quantitative estimate of drug-likeness (QED) is 0.159. The molecule has 4 rings (SSSR count). The Morgan fingerprint density at radius 3 is 2.31 bits per heavy atom. The molecule has 3 heterocycles. The smallest absolute Gasteiger partial charge is 0.336 e.